The Morgan fingerprint density at radius 3 is 2.40 bits per heavy atom. The van der Waals surface area contributed by atoms with E-state index >= 15 is 0 Å². The lowest BCUT2D eigenvalue weighted by atomic mass is 9.73. The van der Waals surface area contributed by atoms with Gasteiger partial charge >= 0.3 is 0 Å². The summed E-state index contributed by atoms with van der Waals surface area (Å²) in [5, 5.41) is 3.51. The van der Waals surface area contributed by atoms with Crippen LogP contribution >= 0.6 is 0 Å². The van der Waals surface area contributed by atoms with E-state index in [1.165, 1.54) is 90.3 Å². The summed E-state index contributed by atoms with van der Waals surface area (Å²) >= 11 is 0. The largest absolute Gasteiger partial charge is 0.319 e. The van der Waals surface area contributed by atoms with Gasteiger partial charge in [-0.2, -0.15) is 0 Å². The zero-order chi connectivity index (χ0) is 13.8. The second-order valence-electron chi connectivity index (χ2n) is 7.82. The maximum absolute atomic E-state index is 3.51. The molecule has 1 aliphatic heterocycles. The van der Waals surface area contributed by atoms with Gasteiger partial charge in [0.25, 0.3) is 0 Å². The van der Waals surface area contributed by atoms with E-state index in [9.17, 15) is 0 Å². The second-order valence-corrected chi connectivity index (χ2v) is 7.82. The van der Waals surface area contributed by atoms with Crippen molar-refractivity contribution in [2.45, 2.75) is 76.7 Å². The molecule has 0 aromatic rings. The van der Waals surface area contributed by atoms with Gasteiger partial charge in [-0.05, 0) is 63.5 Å². The molecule has 1 N–H and O–H groups in total. The summed E-state index contributed by atoms with van der Waals surface area (Å²) in [5.74, 6) is 1.03. The molecule has 0 radical (unpaired) electrons. The molecule has 0 amide bonds. The van der Waals surface area contributed by atoms with Crippen LogP contribution in [0.25, 0.3) is 0 Å². The quantitative estimate of drug-likeness (QED) is 0.822. The van der Waals surface area contributed by atoms with E-state index in [2.05, 4.69) is 17.3 Å². The number of nitrogens with one attached hydrogen (secondary N) is 1. The summed E-state index contributed by atoms with van der Waals surface area (Å²) in [6, 6.07) is 0.938. The Hall–Kier alpha value is -0.0800. The normalized spacial score (nSPS) is 31.9. The first kappa shape index (κ1) is 14.8. The molecular formula is C18H34N2. The predicted octanol–water partition coefficient (Wildman–Crippen LogP) is 3.81. The molecule has 2 aliphatic carbocycles. The Balaban J connectivity index is 1.64. The molecule has 3 aliphatic rings. The zero-order valence-corrected chi connectivity index (χ0v) is 13.5. The van der Waals surface area contributed by atoms with E-state index in [1.807, 2.05) is 0 Å². The van der Waals surface area contributed by atoms with Crippen molar-refractivity contribution >= 4 is 0 Å². The molecule has 0 bridgehead atoms. The molecule has 0 aromatic heterocycles. The van der Waals surface area contributed by atoms with Crippen LogP contribution < -0.4 is 5.32 Å². The zero-order valence-electron chi connectivity index (χ0n) is 13.5. The van der Waals surface area contributed by atoms with Gasteiger partial charge in [0, 0.05) is 19.1 Å². The second kappa shape index (κ2) is 6.79. The predicted molar refractivity (Wildman–Crippen MR) is 86.0 cm³/mol. The lowest BCUT2D eigenvalue weighted by Crippen LogP contribution is -2.47. The third-order valence-corrected chi connectivity index (χ3v) is 6.36. The van der Waals surface area contributed by atoms with E-state index in [-0.39, 0.29) is 0 Å². The van der Waals surface area contributed by atoms with Crippen LogP contribution in [0.4, 0.5) is 0 Å². The maximum atomic E-state index is 3.51. The third kappa shape index (κ3) is 3.22. The Bertz CT molecular complexity index is 284. The number of nitrogens with zero attached hydrogens (tertiary/aromatic N) is 1. The Labute approximate surface area is 125 Å². The average molecular weight is 278 g/mol. The minimum Gasteiger partial charge on any atom is -0.319 e. The minimum atomic E-state index is 0.591. The van der Waals surface area contributed by atoms with Crippen LogP contribution in [-0.4, -0.2) is 37.6 Å². The molecule has 3 rings (SSSR count). The molecule has 1 heterocycles. The van der Waals surface area contributed by atoms with Crippen molar-refractivity contribution in [2.75, 3.05) is 26.7 Å². The molecular weight excluding hydrogens is 244 g/mol. The van der Waals surface area contributed by atoms with Gasteiger partial charge in [0.15, 0.2) is 0 Å². The van der Waals surface area contributed by atoms with Gasteiger partial charge in [-0.15, -0.1) is 0 Å². The van der Waals surface area contributed by atoms with E-state index in [0.29, 0.717) is 5.41 Å². The molecule has 1 saturated heterocycles. The van der Waals surface area contributed by atoms with Gasteiger partial charge in [-0.1, -0.05) is 32.1 Å². The standard InChI is InChI=1S/C18H34N2/c1-19-14-18(11-5-2-6-12-18)15-20-13-7-10-17(20)16-8-3-4-9-16/h16-17,19H,2-15H2,1H3. The van der Waals surface area contributed by atoms with Crippen molar-refractivity contribution < 1.29 is 0 Å². The van der Waals surface area contributed by atoms with Crippen molar-refractivity contribution in [3.05, 3.63) is 0 Å². The van der Waals surface area contributed by atoms with Gasteiger partial charge in [-0.25, -0.2) is 0 Å². The van der Waals surface area contributed by atoms with Gasteiger partial charge < -0.3 is 5.32 Å². The summed E-state index contributed by atoms with van der Waals surface area (Å²) in [6.07, 6.45) is 16.3. The number of rotatable bonds is 5. The fourth-order valence-electron chi connectivity index (χ4n) is 5.42. The van der Waals surface area contributed by atoms with Gasteiger partial charge in [0.2, 0.25) is 0 Å². The molecule has 1 atom stereocenters. The Morgan fingerprint density at radius 2 is 1.70 bits per heavy atom. The van der Waals surface area contributed by atoms with Crippen LogP contribution in [0.1, 0.15) is 70.6 Å². The van der Waals surface area contributed by atoms with Crippen LogP contribution in [0, 0.1) is 11.3 Å². The van der Waals surface area contributed by atoms with E-state index in [4.69, 9.17) is 0 Å². The molecule has 2 heteroatoms. The lowest BCUT2D eigenvalue weighted by molar-refractivity contribution is 0.0791. The molecule has 3 fully saturated rings. The first-order valence-corrected chi connectivity index (χ1v) is 9.22. The number of likely N-dealkylation sites (tertiary alicyclic amines) is 1. The van der Waals surface area contributed by atoms with Gasteiger partial charge in [-0.3, -0.25) is 4.90 Å². The van der Waals surface area contributed by atoms with Crippen LogP contribution in [0.2, 0.25) is 0 Å². The highest BCUT2D eigenvalue weighted by Gasteiger charge is 2.39. The van der Waals surface area contributed by atoms with Gasteiger partial charge in [0.05, 0.1) is 0 Å². The van der Waals surface area contributed by atoms with Gasteiger partial charge in [0.1, 0.15) is 0 Å². The van der Waals surface area contributed by atoms with Crippen LogP contribution in [0.3, 0.4) is 0 Å². The van der Waals surface area contributed by atoms with Crippen LogP contribution in [-0.2, 0) is 0 Å². The molecule has 1 unspecified atom stereocenters. The molecule has 2 saturated carbocycles. The van der Waals surface area contributed by atoms with Crippen LogP contribution in [0.15, 0.2) is 0 Å². The van der Waals surface area contributed by atoms with E-state index < -0.39 is 0 Å². The molecule has 20 heavy (non-hydrogen) atoms. The first-order chi connectivity index (χ1) is 9.83. The topological polar surface area (TPSA) is 15.3 Å². The summed E-state index contributed by atoms with van der Waals surface area (Å²) in [4.78, 5) is 2.92. The van der Waals surface area contributed by atoms with Crippen molar-refractivity contribution in [3.63, 3.8) is 0 Å². The Morgan fingerprint density at radius 1 is 0.950 bits per heavy atom. The highest BCUT2D eigenvalue weighted by molar-refractivity contribution is 4.94. The summed E-state index contributed by atoms with van der Waals surface area (Å²) in [7, 11) is 2.15. The molecule has 0 aromatic carbocycles. The van der Waals surface area contributed by atoms with E-state index in [0.717, 1.165) is 12.0 Å². The highest BCUT2D eigenvalue weighted by Crippen LogP contribution is 2.41. The summed E-state index contributed by atoms with van der Waals surface area (Å²) in [6.45, 7) is 4.00. The molecule has 2 nitrogen and oxygen atoms in total. The maximum Gasteiger partial charge on any atom is 0.0124 e. The third-order valence-electron chi connectivity index (χ3n) is 6.36. The monoisotopic (exact) mass is 278 g/mol. The van der Waals surface area contributed by atoms with Crippen LogP contribution in [0.5, 0.6) is 0 Å². The molecule has 0 spiro atoms. The first-order valence-electron chi connectivity index (χ1n) is 9.22. The van der Waals surface area contributed by atoms with Crippen molar-refractivity contribution in [1.82, 2.24) is 10.2 Å². The fraction of sp³-hybridized carbons (Fsp3) is 1.00. The number of hydrogen-bond acceptors (Lipinski definition) is 2. The number of hydrogen-bond donors (Lipinski definition) is 1. The van der Waals surface area contributed by atoms with Crippen molar-refractivity contribution in [2.24, 2.45) is 11.3 Å². The smallest absolute Gasteiger partial charge is 0.0124 e. The van der Waals surface area contributed by atoms with Crippen molar-refractivity contribution in [1.29, 1.82) is 0 Å². The average Bonchev–Trinajstić information content (AvgIpc) is 3.10. The molecule has 116 valence electrons. The fourth-order valence-corrected chi connectivity index (χ4v) is 5.42. The SMILES string of the molecule is CNCC1(CN2CCCC2C2CCCC2)CCCCC1. The van der Waals surface area contributed by atoms with E-state index in [1.54, 1.807) is 0 Å². The van der Waals surface area contributed by atoms with Crippen molar-refractivity contribution in [3.8, 4) is 0 Å². The highest BCUT2D eigenvalue weighted by atomic mass is 15.2. The minimum absolute atomic E-state index is 0.591. The Kier molecular flexibility index (Phi) is 5.04. The lowest BCUT2D eigenvalue weighted by Gasteiger charge is -2.43. The summed E-state index contributed by atoms with van der Waals surface area (Å²) in [5.41, 5.74) is 0.591. The summed E-state index contributed by atoms with van der Waals surface area (Å²) < 4.78 is 0.